The van der Waals surface area contributed by atoms with Crippen LogP contribution in [0.3, 0.4) is 0 Å². The molecule has 228 valence electrons. The molecule has 3 unspecified atom stereocenters. The van der Waals surface area contributed by atoms with Crippen LogP contribution in [0, 0.1) is 23.7 Å². The van der Waals surface area contributed by atoms with E-state index in [9.17, 15) is 19.2 Å². The first-order chi connectivity index (χ1) is 17.8. The summed E-state index contributed by atoms with van der Waals surface area (Å²) in [7, 11) is 0. The van der Waals surface area contributed by atoms with Gasteiger partial charge in [-0.25, -0.2) is 0 Å². The molecule has 39 heavy (non-hydrogen) atoms. The van der Waals surface area contributed by atoms with E-state index in [4.69, 9.17) is 20.1 Å². The molecule has 0 heterocycles. The average Bonchev–Trinajstić information content (AvgIpc) is 2.83. The molecule has 0 amide bonds. The SMILES string of the molecule is CC(C)=CCC(C)C(=O)O.CC(C)=CCC(C)C(=O)O.CC(C)=CCC(C)C(=O)OCC(C)C.CCC(=O)O. The number of ether oxygens (including phenoxy) is 1. The predicted molar refractivity (Wildman–Crippen MR) is 159 cm³/mol. The molecule has 0 aliphatic rings. The Morgan fingerprint density at radius 2 is 0.897 bits per heavy atom. The number of allylic oxidation sites excluding steroid dienone is 6. The fourth-order valence-corrected chi connectivity index (χ4v) is 1.93. The maximum atomic E-state index is 11.4. The van der Waals surface area contributed by atoms with Gasteiger partial charge in [0.2, 0.25) is 0 Å². The third-order valence-corrected chi connectivity index (χ3v) is 4.75. The molecule has 3 N–H and O–H groups in total. The predicted octanol–water partition coefficient (Wildman–Crippen LogP) is 7.79. The number of carbonyl (C=O) groups is 4. The van der Waals surface area contributed by atoms with E-state index in [2.05, 4.69) is 6.08 Å². The highest BCUT2D eigenvalue weighted by Gasteiger charge is 2.13. The van der Waals surface area contributed by atoms with Gasteiger partial charge in [0.25, 0.3) is 0 Å². The Hall–Kier alpha value is -2.90. The first-order valence-electron chi connectivity index (χ1n) is 13.5. The lowest BCUT2D eigenvalue weighted by Crippen LogP contribution is -2.17. The summed E-state index contributed by atoms with van der Waals surface area (Å²) >= 11 is 0. The lowest BCUT2D eigenvalue weighted by atomic mass is 10.1. The molecule has 0 aliphatic carbocycles. The van der Waals surface area contributed by atoms with E-state index in [-0.39, 0.29) is 30.1 Å². The number of aliphatic carboxylic acids is 3. The van der Waals surface area contributed by atoms with Gasteiger partial charge in [0.1, 0.15) is 0 Å². The Labute approximate surface area is 237 Å². The minimum Gasteiger partial charge on any atom is -0.481 e. The Bertz CT molecular complexity index is 742. The second-order valence-corrected chi connectivity index (χ2v) is 10.7. The Morgan fingerprint density at radius 1 is 0.615 bits per heavy atom. The van der Waals surface area contributed by atoms with Crippen molar-refractivity contribution >= 4 is 23.9 Å². The zero-order valence-corrected chi connectivity index (χ0v) is 26.5. The monoisotopic (exact) mass is 556 g/mol. The van der Waals surface area contributed by atoms with Crippen LogP contribution in [0.4, 0.5) is 0 Å². The molecule has 8 nitrogen and oxygen atoms in total. The van der Waals surface area contributed by atoms with Crippen LogP contribution >= 0.6 is 0 Å². The van der Waals surface area contributed by atoms with E-state index >= 15 is 0 Å². The Balaban J connectivity index is -0.000000220. The number of esters is 1. The summed E-state index contributed by atoms with van der Waals surface area (Å²) in [6.07, 6.45) is 8.23. The number of hydrogen-bond acceptors (Lipinski definition) is 5. The minimum atomic E-state index is -0.745. The number of rotatable bonds is 12. The Morgan fingerprint density at radius 3 is 1.10 bits per heavy atom. The lowest BCUT2D eigenvalue weighted by molar-refractivity contribution is -0.149. The zero-order chi connectivity index (χ0) is 31.7. The molecule has 0 aromatic carbocycles. The van der Waals surface area contributed by atoms with Gasteiger partial charge < -0.3 is 20.1 Å². The summed E-state index contributed by atoms with van der Waals surface area (Å²) in [6, 6.07) is 0. The summed E-state index contributed by atoms with van der Waals surface area (Å²) in [6.45, 7) is 23.5. The van der Waals surface area contributed by atoms with Crippen molar-refractivity contribution in [2.24, 2.45) is 23.7 Å². The fraction of sp³-hybridized carbons (Fsp3) is 0.677. The molecule has 0 aromatic heterocycles. The van der Waals surface area contributed by atoms with E-state index in [0.29, 0.717) is 25.4 Å². The number of carbonyl (C=O) groups excluding carboxylic acids is 1. The van der Waals surface area contributed by atoms with Gasteiger partial charge in [-0.3, -0.25) is 19.2 Å². The molecule has 0 radical (unpaired) electrons. The molecule has 3 atom stereocenters. The van der Waals surface area contributed by atoms with E-state index < -0.39 is 17.9 Å². The van der Waals surface area contributed by atoms with Crippen molar-refractivity contribution in [2.45, 2.75) is 109 Å². The van der Waals surface area contributed by atoms with Gasteiger partial charge in [-0.2, -0.15) is 0 Å². The molecule has 8 heteroatoms. The van der Waals surface area contributed by atoms with E-state index in [1.165, 1.54) is 16.7 Å². The van der Waals surface area contributed by atoms with Crippen LogP contribution in [0.1, 0.15) is 109 Å². The molecule has 0 aliphatic heterocycles. The lowest BCUT2D eigenvalue weighted by Gasteiger charge is -2.11. The topological polar surface area (TPSA) is 138 Å². The fourth-order valence-electron chi connectivity index (χ4n) is 1.93. The van der Waals surface area contributed by atoms with Gasteiger partial charge in [-0.1, -0.05) is 76.5 Å². The van der Waals surface area contributed by atoms with Crippen molar-refractivity contribution in [1.82, 2.24) is 0 Å². The van der Waals surface area contributed by atoms with Crippen LogP contribution in [-0.2, 0) is 23.9 Å². The first kappa shape index (κ1) is 43.2. The van der Waals surface area contributed by atoms with E-state index in [0.717, 1.165) is 6.42 Å². The van der Waals surface area contributed by atoms with Crippen LogP contribution in [-0.4, -0.2) is 45.8 Å². The highest BCUT2D eigenvalue weighted by Crippen LogP contribution is 2.09. The van der Waals surface area contributed by atoms with Gasteiger partial charge in [-0.05, 0) is 66.7 Å². The van der Waals surface area contributed by atoms with Crippen molar-refractivity contribution in [1.29, 1.82) is 0 Å². The number of hydrogen-bond donors (Lipinski definition) is 3. The van der Waals surface area contributed by atoms with Crippen molar-refractivity contribution in [2.75, 3.05) is 6.61 Å². The molecule has 0 saturated carbocycles. The number of carboxylic acids is 3. The quantitative estimate of drug-likeness (QED) is 0.163. The smallest absolute Gasteiger partial charge is 0.308 e. The molecule has 0 saturated heterocycles. The molecule has 0 fully saturated rings. The summed E-state index contributed by atoms with van der Waals surface area (Å²) in [5.41, 5.74) is 3.59. The highest BCUT2D eigenvalue weighted by molar-refractivity contribution is 5.72. The van der Waals surface area contributed by atoms with Crippen LogP contribution in [0.15, 0.2) is 34.9 Å². The standard InChI is InChI=1S/C12H22O2.2C8H14O2.C3H6O2/c1-9(2)6-7-11(5)12(13)14-8-10(3)4;2*1-6(2)4-5-7(3)8(9)10;1-2-3(4)5/h6,10-11H,7-8H2,1-5H3;2*4,7H,5H2,1-3H3,(H,9,10);2H2,1H3,(H,4,5). The van der Waals surface area contributed by atoms with Crippen molar-refractivity contribution in [3.63, 3.8) is 0 Å². The highest BCUT2D eigenvalue weighted by atomic mass is 16.5. The van der Waals surface area contributed by atoms with Gasteiger partial charge in [-0.15, -0.1) is 0 Å². The largest absolute Gasteiger partial charge is 0.481 e. The minimum absolute atomic E-state index is 0.0244. The van der Waals surface area contributed by atoms with Gasteiger partial charge in [0.15, 0.2) is 0 Å². The summed E-state index contributed by atoms with van der Waals surface area (Å²) in [5.74, 6) is -2.40. The third-order valence-electron chi connectivity index (χ3n) is 4.75. The van der Waals surface area contributed by atoms with Crippen LogP contribution < -0.4 is 0 Å². The molecule has 0 bridgehead atoms. The maximum Gasteiger partial charge on any atom is 0.308 e. The van der Waals surface area contributed by atoms with Crippen LogP contribution in [0.25, 0.3) is 0 Å². The molecular formula is C31H56O8. The molecule has 0 rings (SSSR count). The average molecular weight is 557 g/mol. The van der Waals surface area contributed by atoms with E-state index in [1.54, 1.807) is 20.8 Å². The molecule has 0 aromatic rings. The van der Waals surface area contributed by atoms with Gasteiger partial charge >= 0.3 is 23.9 Å². The second kappa shape index (κ2) is 26.7. The Kier molecular flexibility index (Phi) is 29.5. The summed E-state index contributed by atoms with van der Waals surface area (Å²) < 4.78 is 5.13. The normalized spacial score (nSPS) is 11.7. The van der Waals surface area contributed by atoms with Crippen LogP contribution in [0.5, 0.6) is 0 Å². The zero-order valence-electron chi connectivity index (χ0n) is 26.5. The third kappa shape index (κ3) is 39.8. The van der Waals surface area contributed by atoms with Crippen molar-refractivity contribution in [3.8, 4) is 0 Å². The molecular weight excluding hydrogens is 500 g/mol. The summed E-state index contributed by atoms with van der Waals surface area (Å²) in [5, 5.41) is 24.7. The van der Waals surface area contributed by atoms with Gasteiger partial charge in [0.05, 0.1) is 24.4 Å². The van der Waals surface area contributed by atoms with Crippen molar-refractivity contribution < 1.29 is 39.2 Å². The van der Waals surface area contributed by atoms with Gasteiger partial charge in [0, 0.05) is 6.42 Å². The molecule has 0 spiro atoms. The van der Waals surface area contributed by atoms with E-state index in [1.807, 2.05) is 74.5 Å². The number of carboxylic acid groups (broad SMARTS) is 3. The summed E-state index contributed by atoms with van der Waals surface area (Å²) in [4.78, 5) is 41.3. The maximum absolute atomic E-state index is 11.4. The second-order valence-electron chi connectivity index (χ2n) is 10.7. The van der Waals surface area contributed by atoms with Crippen molar-refractivity contribution in [3.05, 3.63) is 34.9 Å². The first-order valence-corrected chi connectivity index (χ1v) is 13.5. The van der Waals surface area contributed by atoms with Crippen LogP contribution in [0.2, 0.25) is 0 Å².